The summed E-state index contributed by atoms with van der Waals surface area (Å²) >= 11 is 4.72. The second-order valence-electron chi connectivity index (χ2n) is 4.42. The van der Waals surface area contributed by atoms with E-state index in [0.717, 1.165) is 0 Å². The molecule has 3 N–H and O–H groups in total. The first-order valence-corrected chi connectivity index (χ1v) is 9.46. The van der Waals surface area contributed by atoms with Crippen LogP contribution in [0.1, 0.15) is 26.2 Å². The molecule has 2 unspecified atom stereocenters. The molecule has 9 heteroatoms. The number of nitrogens with one attached hydrogen (secondary N) is 1. The van der Waals surface area contributed by atoms with Crippen molar-refractivity contribution in [1.82, 2.24) is 4.72 Å². The van der Waals surface area contributed by atoms with Gasteiger partial charge in [-0.1, -0.05) is 19.1 Å². The Morgan fingerprint density at radius 1 is 1.56 bits per heavy atom. The predicted molar refractivity (Wildman–Crippen MR) is 74.6 cm³/mol. The molecule has 1 fully saturated rings. The molecule has 0 aromatic heterocycles. The largest absolute Gasteiger partial charge is 0.392 e. The number of rotatable bonds is 5. The number of sulfone groups is 1. The van der Waals surface area contributed by atoms with Gasteiger partial charge in [0, 0.05) is 6.04 Å². The Kier molecular flexibility index (Phi) is 5.10. The van der Waals surface area contributed by atoms with Crippen LogP contribution in [-0.4, -0.2) is 44.6 Å². The molecule has 1 heterocycles. The fourth-order valence-electron chi connectivity index (χ4n) is 2.00. The molecule has 2 atom stereocenters. The van der Waals surface area contributed by atoms with Crippen molar-refractivity contribution < 1.29 is 16.8 Å². The van der Waals surface area contributed by atoms with Crippen molar-refractivity contribution in [3.05, 3.63) is 0 Å². The molecule has 1 rings (SSSR count). The van der Waals surface area contributed by atoms with E-state index < -0.39 is 31.2 Å². The Balaban J connectivity index is 2.80. The van der Waals surface area contributed by atoms with Gasteiger partial charge < -0.3 is 5.73 Å². The van der Waals surface area contributed by atoms with Gasteiger partial charge in [-0.2, -0.15) is 0 Å². The molecule has 0 aliphatic carbocycles. The highest BCUT2D eigenvalue weighted by atomic mass is 32.2. The molecule has 0 bridgehead atoms. The first kappa shape index (κ1) is 15.8. The molecular weight excluding hydrogens is 296 g/mol. The Bertz CT molecular complexity index is 512. The zero-order chi connectivity index (χ0) is 14.0. The second-order valence-corrected chi connectivity index (χ2v) is 9.01. The van der Waals surface area contributed by atoms with E-state index in [0.29, 0.717) is 12.8 Å². The summed E-state index contributed by atoms with van der Waals surface area (Å²) in [5, 5.41) is -0.947. The van der Waals surface area contributed by atoms with Crippen LogP contribution in [0.25, 0.3) is 0 Å². The molecule has 6 nitrogen and oxygen atoms in total. The monoisotopic (exact) mass is 314 g/mol. The van der Waals surface area contributed by atoms with Crippen LogP contribution in [0.5, 0.6) is 0 Å². The van der Waals surface area contributed by atoms with Crippen LogP contribution in [0.2, 0.25) is 0 Å². The van der Waals surface area contributed by atoms with E-state index in [9.17, 15) is 16.8 Å². The summed E-state index contributed by atoms with van der Waals surface area (Å²) in [6, 6.07) is -0.572. The summed E-state index contributed by atoms with van der Waals surface area (Å²) < 4.78 is 49.3. The van der Waals surface area contributed by atoms with E-state index in [1.165, 1.54) is 0 Å². The summed E-state index contributed by atoms with van der Waals surface area (Å²) in [7, 11) is -6.85. The van der Waals surface area contributed by atoms with Crippen LogP contribution in [-0.2, 0) is 19.9 Å². The number of hydrogen-bond donors (Lipinski definition) is 2. The van der Waals surface area contributed by atoms with E-state index in [4.69, 9.17) is 18.0 Å². The van der Waals surface area contributed by atoms with Gasteiger partial charge >= 0.3 is 0 Å². The van der Waals surface area contributed by atoms with Gasteiger partial charge in [0.25, 0.3) is 0 Å². The normalized spacial score (nSPS) is 25.5. The highest BCUT2D eigenvalue weighted by Gasteiger charge is 2.32. The maximum atomic E-state index is 12.0. The zero-order valence-electron chi connectivity index (χ0n) is 10.1. The summed E-state index contributed by atoms with van der Waals surface area (Å²) in [5.41, 5.74) is 5.39. The molecule has 0 aromatic rings. The smallest absolute Gasteiger partial charge is 0.221 e. The third-order valence-corrected chi connectivity index (χ3v) is 7.11. The van der Waals surface area contributed by atoms with Crippen molar-refractivity contribution in [2.45, 2.75) is 37.5 Å². The lowest BCUT2D eigenvalue weighted by atomic mass is 10.2. The molecule has 106 valence electrons. The Labute approximate surface area is 113 Å². The first-order valence-electron chi connectivity index (χ1n) is 5.69. The number of sulfonamides is 1. The van der Waals surface area contributed by atoms with E-state index >= 15 is 0 Å². The Morgan fingerprint density at radius 2 is 2.17 bits per heavy atom. The number of nitrogens with two attached hydrogens (primary N) is 1. The van der Waals surface area contributed by atoms with Crippen molar-refractivity contribution in [1.29, 1.82) is 0 Å². The van der Waals surface area contributed by atoms with E-state index in [1.807, 2.05) is 0 Å². The molecule has 0 aromatic carbocycles. The minimum Gasteiger partial charge on any atom is -0.392 e. The van der Waals surface area contributed by atoms with Crippen molar-refractivity contribution in [2.75, 3.05) is 11.5 Å². The van der Waals surface area contributed by atoms with Gasteiger partial charge in [0.2, 0.25) is 10.0 Å². The van der Waals surface area contributed by atoms with Crippen molar-refractivity contribution in [3.8, 4) is 0 Å². The topological polar surface area (TPSA) is 106 Å². The molecule has 0 saturated carbocycles. The average molecular weight is 314 g/mol. The molecular formula is C9H18N2O4S3. The highest BCUT2D eigenvalue weighted by molar-refractivity contribution is 7.93. The minimum atomic E-state index is -3.70. The third-order valence-electron chi connectivity index (χ3n) is 2.86. The lowest BCUT2D eigenvalue weighted by Gasteiger charge is -2.25. The maximum Gasteiger partial charge on any atom is 0.221 e. The second kappa shape index (κ2) is 5.81. The van der Waals surface area contributed by atoms with E-state index in [1.54, 1.807) is 6.92 Å². The molecule has 1 aliphatic rings. The van der Waals surface area contributed by atoms with Crippen LogP contribution in [0.3, 0.4) is 0 Å². The standard InChI is InChI=1S/C9H18N2O4S3/c1-2-8(9(10)16)18(14,15)11-7-4-3-5-17(12,13)6-7/h7-8,11H,2-6H2,1H3,(H2,10,16). The number of hydrogen-bond acceptors (Lipinski definition) is 5. The average Bonchev–Trinajstić information content (AvgIpc) is 2.14. The van der Waals surface area contributed by atoms with E-state index in [-0.39, 0.29) is 22.9 Å². The SMILES string of the molecule is CCC(C(N)=S)S(=O)(=O)NC1CCCS(=O)(=O)C1. The Hall–Kier alpha value is -0.250. The summed E-state index contributed by atoms with van der Waals surface area (Å²) in [4.78, 5) is -0.0938. The van der Waals surface area contributed by atoms with Crippen LogP contribution in [0.15, 0.2) is 0 Å². The molecule has 0 amide bonds. The van der Waals surface area contributed by atoms with E-state index in [2.05, 4.69) is 4.72 Å². The molecule has 0 radical (unpaired) electrons. The van der Waals surface area contributed by atoms with Gasteiger partial charge in [-0.15, -0.1) is 0 Å². The summed E-state index contributed by atoms with van der Waals surface area (Å²) in [6.07, 6.45) is 1.26. The minimum absolute atomic E-state index is 0.0938. The van der Waals surface area contributed by atoms with Crippen molar-refractivity contribution >= 4 is 37.1 Å². The van der Waals surface area contributed by atoms with Gasteiger partial charge in [0.1, 0.15) is 5.25 Å². The molecule has 18 heavy (non-hydrogen) atoms. The number of thiocarbonyl (C=S) groups is 1. The Morgan fingerprint density at radius 3 is 2.61 bits per heavy atom. The van der Waals surface area contributed by atoms with Gasteiger partial charge in [-0.25, -0.2) is 21.6 Å². The maximum absolute atomic E-state index is 12.0. The van der Waals surface area contributed by atoms with Gasteiger partial charge in [0.05, 0.1) is 16.5 Å². The van der Waals surface area contributed by atoms with Crippen LogP contribution in [0, 0.1) is 0 Å². The van der Waals surface area contributed by atoms with Crippen molar-refractivity contribution in [3.63, 3.8) is 0 Å². The predicted octanol–water partition coefficient (Wildman–Crippen LogP) is -0.452. The third kappa shape index (κ3) is 4.15. The van der Waals surface area contributed by atoms with Gasteiger partial charge in [0.15, 0.2) is 9.84 Å². The van der Waals surface area contributed by atoms with Crippen LogP contribution >= 0.6 is 12.2 Å². The van der Waals surface area contributed by atoms with Crippen LogP contribution < -0.4 is 10.5 Å². The lowest BCUT2D eigenvalue weighted by Crippen LogP contribution is -2.49. The molecule has 1 saturated heterocycles. The molecule has 1 aliphatic heterocycles. The van der Waals surface area contributed by atoms with Crippen molar-refractivity contribution in [2.24, 2.45) is 5.73 Å². The first-order chi connectivity index (χ1) is 8.18. The highest BCUT2D eigenvalue weighted by Crippen LogP contribution is 2.15. The summed E-state index contributed by atoms with van der Waals surface area (Å²) in [6.45, 7) is 1.67. The lowest BCUT2D eigenvalue weighted by molar-refractivity contribution is 0.514. The van der Waals surface area contributed by atoms with Gasteiger partial charge in [-0.3, -0.25) is 0 Å². The van der Waals surface area contributed by atoms with Crippen LogP contribution in [0.4, 0.5) is 0 Å². The zero-order valence-corrected chi connectivity index (χ0v) is 12.6. The fraction of sp³-hybridized carbons (Fsp3) is 0.889. The molecule has 0 spiro atoms. The quantitative estimate of drug-likeness (QED) is 0.666. The van der Waals surface area contributed by atoms with Gasteiger partial charge in [-0.05, 0) is 19.3 Å². The summed E-state index contributed by atoms with van der Waals surface area (Å²) in [5.74, 6) is -0.0300. The fourth-order valence-corrected chi connectivity index (χ4v) is 5.87.